The maximum Gasteiger partial charge on any atom is 0.200 e. The first-order valence-electron chi connectivity index (χ1n) is 16.1. The molecule has 262 valence electrons. The predicted octanol–water partition coefficient (Wildman–Crippen LogP) is 7.33. The predicted molar refractivity (Wildman–Crippen MR) is 189 cm³/mol. The van der Waals surface area contributed by atoms with Gasteiger partial charge in [0.25, 0.3) is 0 Å². The molecule has 6 rings (SSSR count). The van der Waals surface area contributed by atoms with E-state index in [2.05, 4.69) is 0 Å². The summed E-state index contributed by atoms with van der Waals surface area (Å²) in [5, 5.41) is 85.3. The van der Waals surface area contributed by atoms with Crippen molar-refractivity contribution in [3.8, 4) is 57.3 Å². The lowest BCUT2D eigenvalue weighted by Gasteiger charge is -2.37. The molecule has 0 fully saturated rings. The highest BCUT2D eigenvalue weighted by Gasteiger charge is 2.43. The normalized spacial score (nSPS) is 17.2. The first-order valence-corrected chi connectivity index (χ1v) is 16.1. The van der Waals surface area contributed by atoms with Crippen molar-refractivity contribution in [2.75, 3.05) is 0 Å². The molecule has 5 aromatic rings. The van der Waals surface area contributed by atoms with E-state index in [4.69, 9.17) is 4.42 Å². The van der Waals surface area contributed by atoms with E-state index in [1.165, 1.54) is 36.4 Å². The van der Waals surface area contributed by atoms with E-state index >= 15 is 0 Å². The number of benzene rings is 4. The molecule has 1 heterocycles. The Bertz CT molecular complexity index is 2340. The first kappa shape index (κ1) is 34.5. The number of hydrogen-bond acceptors (Lipinski definition) is 11. The van der Waals surface area contributed by atoms with Crippen LogP contribution in [0.3, 0.4) is 0 Å². The molecule has 0 radical (unpaired) electrons. The van der Waals surface area contributed by atoms with E-state index in [1.54, 1.807) is 19.1 Å². The van der Waals surface area contributed by atoms with Crippen LogP contribution in [0.25, 0.3) is 22.3 Å². The van der Waals surface area contributed by atoms with Crippen molar-refractivity contribution in [2.24, 2.45) is 5.92 Å². The smallest absolute Gasteiger partial charge is 0.200 e. The van der Waals surface area contributed by atoms with Gasteiger partial charge in [-0.25, -0.2) is 0 Å². The lowest BCUT2D eigenvalue weighted by molar-refractivity contribution is 0.0884. The van der Waals surface area contributed by atoms with Gasteiger partial charge in [0, 0.05) is 53.1 Å². The number of rotatable bonds is 7. The fourth-order valence-corrected chi connectivity index (χ4v) is 7.01. The quantitative estimate of drug-likeness (QED) is 0.0625. The van der Waals surface area contributed by atoms with Crippen LogP contribution in [-0.2, 0) is 6.42 Å². The van der Waals surface area contributed by atoms with Crippen LogP contribution >= 0.6 is 0 Å². The molecule has 11 heteroatoms. The molecule has 0 saturated carbocycles. The van der Waals surface area contributed by atoms with Gasteiger partial charge < -0.3 is 45.3 Å². The van der Waals surface area contributed by atoms with E-state index in [1.807, 2.05) is 13.8 Å². The molecule has 0 aliphatic heterocycles. The summed E-state index contributed by atoms with van der Waals surface area (Å²) in [4.78, 5) is 28.7. The number of phenolic OH excluding ortho intramolecular Hbond substituents is 8. The zero-order valence-electron chi connectivity index (χ0n) is 27.9. The van der Waals surface area contributed by atoms with Crippen LogP contribution in [0.2, 0.25) is 0 Å². The molecule has 3 unspecified atom stereocenters. The summed E-state index contributed by atoms with van der Waals surface area (Å²) in [5.74, 6) is -6.77. The van der Waals surface area contributed by atoms with Crippen LogP contribution < -0.4 is 5.43 Å². The highest BCUT2D eigenvalue weighted by molar-refractivity contribution is 6.01. The number of aromatic hydroxyl groups is 8. The molecule has 51 heavy (non-hydrogen) atoms. The number of carbonyl (C=O) groups excluding carboxylic acids is 1. The number of carbonyl (C=O) groups is 1. The van der Waals surface area contributed by atoms with Crippen LogP contribution in [0, 0.1) is 5.92 Å². The third-order valence-electron chi connectivity index (χ3n) is 9.31. The minimum Gasteiger partial charge on any atom is -0.508 e. The van der Waals surface area contributed by atoms with Crippen LogP contribution in [-0.4, -0.2) is 46.6 Å². The third kappa shape index (κ3) is 6.29. The highest BCUT2D eigenvalue weighted by Crippen LogP contribution is 2.54. The summed E-state index contributed by atoms with van der Waals surface area (Å²) in [6.45, 7) is 5.42. The SMILES string of the molecule is CC(C)=CCc1c(-c2ccc(O)cc2O)oc2c(C3C=C(C)CC(C(=O)c4ccc(O)cc4O)C3c3ccc(O)cc3O)c(O)cc(O)c2c1=O. The second-order valence-electron chi connectivity index (χ2n) is 13.1. The summed E-state index contributed by atoms with van der Waals surface area (Å²) in [6.07, 6.45) is 3.70. The summed E-state index contributed by atoms with van der Waals surface area (Å²) in [6, 6.07) is 12.2. The molecule has 0 bridgehead atoms. The van der Waals surface area contributed by atoms with Crippen LogP contribution in [0.5, 0.6) is 46.0 Å². The average Bonchev–Trinajstić information content (AvgIpc) is 3.04. The molecule has 0 spiro atoms. The molecule has 11 nitrogen and oxygen atoms in total. The van der Waals surface area contributed by atoms with Crippen molar-refractivity contribution in [3.63, 3.8) is 0 Å². The summed E-state index contributed by atoms with van der Waals surface area (Å²) in [7, 11) is 0. The van der Waals surface area contributed by atoms with Gasteiger partial charge in [-0.2, -0.15) is 0 Å². The third-order valence-corrected chi connectivity index (χ3v) is 9.31. The number of phenols is 8. The molecular formula is C40H36O11. The van der Waals surface area contributed by atoms with Gasteiger partial charge in [0.2, 0.25) is 5.43 Å². The maximum absolute atomic E-state index is 14.4. The Balaban J connectivity index is 1.69. The van der Waals surface area contributed by atoms with Crippen molar-refractivity contribution < 1.29 is 50.1 Å². The standard InChI is InChI=1S/C40H36O11/c1-18(2)4-8-26-38(50)36-33(48)17-32(47)35(40(36)51-39(26)25-11-7-22(43)16-31(25)46)27-12-19(3)13-28(34(27)23-9-5-20(41)14-29(23)44)37(49)24-10-6-21(42)15-30(24)45/h4-7,9-12,14-17,27-28,34,41-48H,8,13H2,1-3H3. The maximum atomic E-state index is 14.4. The van der Waals surface area contributed by atoms with Crippen molar-refractivity contribution in [1.82, 2.24) is 0 Å². The number of Topliss-reactive ketones (excluding diaryl/α,β-unsaturated/α-hetero) is 1. The van der Waals surface area contributed by atoms with Crippen LogP contribution in [0.15, 0.2) is 93.2 Å². The highest BCUT2D eigenvalue weighted by atomic mass is 16.3. The van der Waals surface area contributed by atoms with E-state index < -0.39 is 52.0 Å². The molecule has 1 aliphatic carbocycles. The minimum absolute atomic E-state index is 0.0163. The Kier molecular flexibility index (Phi) is 8.90. The second-order valence-corrected chi connectivity index (χ2v) is 13.1. The lowest BCUT2D eigenvalue weighted by atomic mass is 9.65. The topological polar surface area (TPSA) is 209 Å². The van der Waals surface area contributed by atoms with E-state index in [-0.39, 0.29) is 80.4 Å². The van der Waals surface area contributed by atoms with Crippen molar-refractivity contribution in [3.05, 3.63) is 116 Å². The number of allylic oxidation sites excluding steroid dienone is 4. The fraction of sp³-hybridized carbons (Fsp3) is 0.200. The second kappa shape index (κ2) is 13.2. The van der Waals surface area contributed by atoms with Gasteiger partial charge in [-0.05, 0) is 69.5 Å². The van der Waals surface area contributed by atoms with Gasteiger partial charge in [0.05, 0.1) is 11.1 Å². The molecule has 4 aromatic carbocycles. The number of fused-ring (bicyclic) bond motifs is 1. The Morgan fingerprint density at radius 3 is 2.04 bits per heavy atom. The van der Waals surface area contributed by atoms with Crippen molar-refractivity contribution in [1.29, 1.82) is 0 Å². The van der Waals surface area contributed by atoms with Crippen LogP contribution in [0.1, 0.15) is 66.1 Å². The summed E-state index contributed by atoms with van der Waals surface area (Å²) >= 11 is 0. The lowest BCUT2D eigenvalue weighted by Crippen LogP contribution is -2.30. The Labute approximate surface area is 291 Å². The molecule has 1 aromatic heterocycles. The van der Waals surface area contributed by atoms with Crippen molar-refractivity contribution >= 4 is 16.8 Å². The molecule has 8 N–H and O–H groups in total. The van der Waals surface area contributed by atoms with Gasteiger partial charge >= 0.3 is 0 Å². The zero-order valence-corrected chi connectivity index (χ0v) is 27.9. The summed E-state index contributed by atoms with van der Waals surface area (Å²) in [5.41, 5.74) is 0.847. The largest absolute Gasteiger partial charge is 0.508 e. The van der Waals surface area contributed by atoms with Gasteiger partial charge in [0.1, 0.15) is 62.7 Å². The molecular weight excluding hydrogens is 656 g/mol. The van der Waals surface area contributed by atoms with Gasteiger partial charge in [0.15, 0.2) is 5.78 Å². The van der Waals surface area contributed by atoms with Gasteiger partial charge in [-0.15, -0.1) is 0 Å². The van der Waals surface area contributed by atoms with Crippen molar-refractivity contribution in [2.45, 2.75) is 45.4 Å². The molecule has 0 saturated heterocycles. The minimum atomic E-state index is -1.03. The number of ketones is 1. The van der Waals surface area contributed by atoms with E-state index in [0.717, 1.165) is 29.8 Å². The molecule has 1 aliphatic rings. The van der Waals surface area contributed by atoms with E-state index in [0.29, 0.717) is 5.57 Å². The Morgan fingerprint density at radius 2 is 1.41 bits per heavy atom. The monoisotopic (exact) mass is 692 g/mol. The Hall–Kier alpha value is -6.36. The van der Waals surface area contributed by atoms with Gasteiger partial charge in [-0.1, -0.05) is 29.4 Å². The number of hydrogen-bond donors (Lipinski definition) is 8. The fourth-order valence-electron chi connectivity index (χ4n) is 7.01. The summed E-state index contributed by atoms with van der Waals surface area (Å²) < 4.78 is 6.46. The molecule has 0 amide bonds. The first-order chi connectivity index (χ1) is 24.2. The van der Waals surface area contributed by atoms with Crippen LogP contribution in [0.4, 0.5) is 0 Å². The molecule has 3 atom stereocenters. The Morgan fingerprint density at radius 1 is 0.784 bits per heavy atom. The average molecular weight is 693 g/mol. The van der Waals surface area contributed by atoms with Gasteiger partial charge in [-0.3, -0.25) is 9.59 Å². The van der Waals surface area contributed by atoms with E-state index in [9.17, 15) is 50.4 Å². The zero-order chi connectivity index (χ0) is 36.9.